The number of rotatable bonds is 3. The molecule has 20 heavy (non-hydrogen) atoms. The first kappa shape index (κ1) is 14.8. The molecule has 112 valence electrons. The molecule has 0 bridgehead atoms. The molecule has 1 aliphatic rings. The number of ether oxygens (including phenoxy) is 1. The van der Waals surface area contributed by atoms with Crippen molar-refractivity contribution in [2.45, 2.75) is 30.8 Å². The Balaban J connectivity index is 2.33. The third-order valence-electron chi connectivity index (χ3n) is 3.14. The van der Waals surface area contributed by atoms with Gasteiger partial charge in [0.1, 0.15) is 18.0 Å². The van der Waals surface area contributed by atoms with Crippen molar-refractivity contribution in [1.29, 1.82) is 0 Å². The minimum Gasteiger partial charge on any atom is -0.394 e. The smallest absolute Gasteiger partial charge is 0.351 e. The molecular weight excluding hydrogens is 276 g/mol. The van der Waals surface area contributed by atoms with Gasteiger partial charge in [-0.2, -0.15) is 4.98 Å². The number of aliphatic hydroxyl groups is 2. The Labute approximate surface area is 112 Å². The summed E-state index contributed by atoms with van der Waals surface area (Å²) in [5.41, 5.74) is -0.829. The highest BCUT2D eigenvalue weighted by molar-refractivity contribution is 5.30. The van der Waals surface area contributed by atoms with Crippen molar-refractivity contribution in [3.05, 3.63) is 22.7 Å². The fourth-order valence-electron chi connectivity index (χ4n) is 2.00. The lowest BCUT2D eigenvalue weighted by molar-refractivity contribution is -0.220. The number of nitrogens with one attached hydrogen (secondary N) is 1. The lowest BCUT2D eigenvalue weighted by Crippen LogP contribution is -2.54. The SMILES string of the molecule is CNc1ccn([C@@H]2O[C@H](CO)C(O)[C@H](F)C2F)c(=O)n1. The summed E-state index contributed by atoms with van der Waals surface area (Å²) in [5, 5.41) is 21.0. The molecule has 0 aromatic carbocycles. The van der Waals surface area contributed by atoms with Crippen LogP contribution in [0.5, 0.6) is 0 Å². The van der Waals surface area contributed by atoms with Crippen LogP contribution in [-0.4, -0.2) is 58.0 Å². The topological polar surface area (TPSA) is 96.6 Å². The summed E-state index contributed by atoms with van der Waals surface area (Å²) in [5.74, 6) is 0.271. The highest BCUT2D eigenvalue weighted by atomic mass is 19.2. The van der Waals surface area contributed by atoms with E-state index in [1.165, 1.54) is 12.3 Å². The highest BCUT2D eigenvalue weighted by Crippen LogP contribution is 2.31. The van der Waals surface area contributed by atoms with Crippen LogP contribution in [0.2, 0.25) is 0 Å². The van der Waals surface area contributed by atoms with E-state index in [1.54, 1.807) is 7.05 Å². The Kier molecular flexibility index (Phi) is 4.31. The predicted molar refractivity (Wildman–Crippen MR) is 64.8 cm³/mol. The minimum atomic E-state index is -2.26. The first-order valence-electron chi connectivity index (χ1n) is 5.99. The van der Waals surface area contributed by atoms with Gasteiger partial charge in [0.15, 0.2) is 18.6 Å². The Morgan fingerprint density at radius 3 is 2.75 bits per heavy atom. The first-order valence-corrected chi connectivity index (χ1v) is 5.99. The Hall–Kier alpha value is -1.58. The van der Waals surface area contributed by atoms with Gasteiger partial charge in [-0.25, -0.2) is 13.6 Å². The van der Waals surface area contributed by atoms with Crippen LogP contribution < -0.4 is 11.0 Å². The molecule has 5 atom stereocenters. The number of halogens is 2. The van der Waals surface area contributed by atoms with Gasteiger partial charge in [0.2, 0.25) is 0 Å². The van der Waals surface area contributed by atoms with Crippen LogP contribution in [0.4, 0.5) is 14.6 Å². The molecule has 0 spiro atoms. The summed E-state index contributed by atoms with van der Waals surface area (Å²) in [6.45, 7) is -0.693. The van der Waals surface area contributed by atoms with E-state index in [-0.39, 0.29) is 5.82 Å². The maximum absolute atomic E-state index is 13.9. The molecule has 0 saturated carbocycles. The zero-order chi connectivity index (χ0) is 14.9. The number of hydrogen-bond donors (Lipinski definition) is 3. The maximum atomic E-state index is 13.9. The zero-order valence-electron chi connectivity index (χ0n) is 10.6. The lowest BCUT2D eigenvalue weighted by atomic mass is 10.0. The van der Waals surface area contributed by atoms with E-state index in [1.807, 2.05) is 0 Å². The first-order chi connectivity index (χ1) is 9.49. The van der Waals surface area contributed by atoms with Crippen LogP contribution >= 0.6 is 0 Å². The second-order valence-corrected chi connectivity index (χ2v) is 4.38. The number of aromatic nitrogens is 2. The van der Waals surface area contributed by atoms with Gasteiger partial charge in [-0.05, 0) is 6.07 Å². The van der Waals surface area contributed by atoms with Crippen molar-refractivity contribution in [2.75, 3.05) is 19.0 Å². The summed E-state index contributed by atoms with van der Waals surface area (Å²) < 4.78 is 33.4. The predicted octanol–water partition coefficient (Wildman–Crippen LogP) is -0.788. The standard InChI is InChI=1S/C11H15F2N3O4/c1-14-6-2-3-16(11(19)15-6)10-8(13)7(12)9(18)5(4-17)20-10/h2-3,5,7-10,17-18H,4H2,1H3,(H,14,15,19)/t5-,7-,8?,9?,10-/m1/s1. The van der Waals surface area contributed by atoms with Crippen LogP contribution in [0.15, 0.2) is 17.1 Å². The molecule has 1 aromatic heterocycles. The van der Waals surface area contributed by atoms with Crippen molar-refractivity contribution in [1.82, 2.24) is 9.55 Å². The van der Waals surface area contributed by atoms with Crippen LogP contribution in [0.1, 0.15) is 6.23 Å². The van der Waals surface area contributed by atoms with Gasteiger partial charge in [-0.1, -0.05) is 0 Å². The maximum Gasteiger partial charge on any atom is 0.351 e. The van der Waals surface area contributed by atoms with Gasteiger partial charge >= 0.3 is 5.69 Å². The van der Waals surface area contributed by atoms with E-state index in [2.05, 4.69) is 10.3 Å². The number of alkyl halides is 2. The molecule has 0 amide bonds. The average Bonchev–Trinajstić information content (AvgIpc) is 2.46. The summed E-state index contributed by atoms with van der Waals surface area (Å²) in [4.78, 5) is 15.3. The fraction of sp³-hybridized carbons (Fsp3) is 0.636. The fourth-order valence-corrected chi connectivity index (χ4v) is 2.00. The van der Waals surface area contributed by atoms with E-state index in [0.29, 0.717) is 0 Å². The minimum absolute atomic E-state index is 0.271. The molecular formula is C11H15F2N3O4. The van der Waals surface area contributed by atoms with Gasteiger partial charge < -0.3 is 20.3 Å². The Bertz CT molecular complexity index is 525. The molecule has 2 unspecified atom stereocenters. The molecule has 3 N–H and O–H groups in total. The third-order valence-corrected chi connectivity index (χ3v) is 3.14. The molecule has 1 fully saturated rings. The van der Waals surface area contributed by atoms with Gasteiger partial charge in [0, 0.05) is 13.2 Å². The summed E-state index contributed by atoms with van der Waals surface area (Å²) >= 11 is 0. The third kappa shape index (κ3) is 2.51. The molecule has 9 heteroatoms. The largest absolute Gasteiger partial charge is 0.394 e. The van der Waals surface area contributed by atoms with E-state index in [4.69, 9.17) is 9.84 Å². The van der Waals surface area contributed by atoms with Gasteiger partial charge in [0.25, 0.3) is 0 Å². The van der Waals surface area contributed by atoms with Crippen LogP contribution in [0.25, 0.3) is 0 Å². The zero-order valence-corrected chi connectivity index (χ0v) is 10.6. The van der Waals surface area contributed by atoms with Crippen LogP contribution in [0.3, 0.4) is 0 Å². The number of nitrogens with zero attached hydrogens (tertiary/aromatic N) is 2. The average molecular weight is 291 g/mol. The van der Waals surface area contributed by atoms with Gasteiger partial charge in [-0.15, -0.1) is 0 Å². The summed E-state index contributed by atoms with van der Waals surface area (Å²) in [7, 11) is 1.55. The number of hydrogen-bond acceptors (Lipinski definition) is 6. The normalized spacial score (nSPS) is 34.0. The van der Waals surface area contributed by atoms with E-state index < -0.39 is 43.1 Å². The molecule has 0 radical (unpaired) electrons. The Morgan fingerprint density at radius 2 is 2.20 bits per heavy atom. The quantitative estimate of drug-likeness (QED) is 0.675. The second-order valence-electron chi connectivity index (χ2n) is 4.38. The second kappa shape index (κ2) is 5.81. The molecule has 1 aliphatic heterocycles. The van der Waals surface area contributed by atoms with Crippen molar-refractivity contribution >= 4 is 5.82 Å². The summed E-state index contributed by atoms with van der Waals surface area (Å²) in [6, 6.07) is 1.39. The van der Waals surface area contributed by atoms with Crippen molar-refractivity contribution < 1.29 is 23.7 Å². The molecule has 0 aliphatic carbocycles. The van der Waals surface area contributed by atoms with Gasteiger partial charge in [0.05, 0.1) is 6.61 Å². The van der Waals surface area contributed by atoms with Crippen LogP contribution in [0, 0.1) is 0 Å². The van der Waals surface area contributed by atoms with E-state index in [0.717, 1.165) is 4.57 Å². The molecule has 1 saturated heterocycles. The van der Waals surface area contributed by atoms with E-state index in [9.17, 15) is 18.7 Å². The number of aliphatic hydroxyl groups excluding tert-OH is 2. The summed E-state index contributed by atoms with van der Waals surface area (Å²) in [6.07, 6.45) is -7.98. The van der Waals surface area contributed by atoms with E-state index >= 15 is 0 Å². The number of anilines is 1. The van der Waals surface area contributed by atoms with Gasteiger partial charge in [-0.3, -0.25) is 4.57 Å². The van der Waals surface area contributed by atoms with Crippen molar-refractivity contribution in [2.24, 2.45) is 0 Å². The molecule has 7 nitrogen and oxygen atoms in total. The monoisotopic (exact) mass is 291 g/mol. The molecule has 1 aromatic rings. The lowest BCUT2D eigenvalue weighted by Gasteiger charge is -2.38. The van der Waals surface area contributed by atoms with Crippen LogP contribution in [-0.2, 0) is 4.74 Å². The van der Waals surface area contributed by atoms with Crippen molar-refractivity contribution in [3.63, 3.8) is 0 Å². The Morgan fingerprint density at radius 1 is 1.50 bits per heavy atom. The molecule has 2 heterocycles. The highest BCUT2D eigenvalue weighted by Gasteiger charge is 2.47. The molecule has 2 rings (SSSR count). The van der Waals surface area contributed by atoms with Crippen molar-refractivity contribution in [3.8, 4) is 0 Å².